The first kappa shape index (κ1) is 13.1. The number of methoxy groups -OCH3 is 2. The third kappa shape index (κ3) is 3.24. The van der Waals surface area contributed by atoms with Crippen LogP contribution in [0.25, 0.3) is 5.76 Å². The first-order valence-corrected chi connectivity index (χ1v) is 5.29. The molecule has 0 radical (unpaired) electrons. The SMILES string of the molecule is CCOC(=O)C(OC)=C(OC)c1ccccc1. The van der Waals surface area contributed by atoms with E-state index in [2.05, 4.69) is 0 Å². The molecule has 0 spiro atoms. The predicted octanol–water partition coefficient (Wildman–Crippen LogP) is 2.21. The monoisotopic (exact) mass is 236 g/mol. The van der Waals surface area contributed by atoms with Gasteiger partial charge in [0, 0.05) is 5.56 Å². The fourth-order valence-electron chi connectivity index (χ4n) is 1.40. The molecule has 1 aromatic rings. The average molecular weight is 236 g/mol. The van der Waals surface area contributed by atoms with E-state index in [1.54, 1.807) is 6.92 Å². The lowest BCUT2D eigenvalue weighted by molar-refractivity contribution is -0.142. The predicted molar refractivity (Wildman–Crippen MR) is 64.0 cm³/mol. The Morgan fingerprint density at radius 3 is 2.24 bits per heavy atom. The van der Waals surface area contributed by atoms with Gasteiger partial charge in [-0.2, -0.15) is 0 Å². The van der Waals surface area contributed by atoms with Crippen molar-refractivity contribution < 1.29 is 19.0 Å². The second kappa shape index (κ2) is 6.58. The molecule has 0 saturated carbocycles. The first-order valence-electron chi connectivity index (χ1n) is 5.29. The standard InChI is InChI=1S/C13H16O4/c1-4-17-13(14)12(16-3)11(15-2)10-8-6-5-7-9-10/h5-9H,4H2,1-3H3. The summed E-state index contributed by atoms with van der Waals surface area (Å²) in [6.07, 6.45) is 0. The molecule has 0 bridgehead atoms. The normalized spacial score (nSPS) is 11.5. The molecule has 1 rings (SSSR count). The molecule has 1 aromatic carbocycles. The number of hydrogen-bond acceptors (Lipinski definition) is 4. The molecular formula is C13H16O4. The molecule has 0 fully saturated rings. The maximum atomic E-state index is 11.7. The summed E-state index contributed by atoms with van der Waals surface area (Å²) >= 11 is 0. The summed E-state index contributed by atoms with van der Waals surface area (Å²) in [5.74, 6) is -0.0946. The molecule has 0 amide bonds. The summed E-state index contributed by atoms with van der Waals surface area (Å²) in [6.45, 7) is 2.03. The summed E-state index contributed by atoms with van der Waals surface area (Å²) in [5, 5.41) is 0. The van der Waals surface area contributed by atoms with E-state index < -0.39 is 5.97 Å². The van der Waals surface area contributed by atoms with Gasteiger partial charge in [-0.3, -0.25) is 0 Å². The third-order valence-corrected chi connectivity index (χ3v) is 2.11. The van der Waals surface area contributed by atoms with Crippen LogP contribution in [0.2, 0.25) is 0 Å². The lowest BCUT2D eigenvalue weighted by Gasteiger charge is -2.12. The molecule has 0 aliphatic rings. The van der Waals surface area contributed by atoms with Crippen molar-refractivity contribution in [1.29, 1.82) is 0 Å². The Bertz CT molecular complexity index is 395. The van der Waals surface area contributed by atoms with Crippen molar-refractivity contribution in [3.63, 3.8) is 0 Å². The molecule has 0 aromatic heterocycles. The molecule has 0 saturated heterocycles. The Kier molecular flexibility index (Phi) is 5.07. The van der Waals surface area contributed by atoms with Crippen molar-refractivity contribution in [2.75, 3.05) is 20.8 Å². The fraction of sp³-hybridized carbons (Fsp3) is 0.308. The minimum absolute atomic E-state index is 0.0700. The Labute approximate surface area is 101 Å². The van der Waals surface area contributed by atoms with Gasteiger partial charge in [-0.15, -0.1) is 0 Å². The Morgan fingerprint density at radius 2 is 1.76 bits per heavy atom. The lowest BCUT2D eigenvalue weighted by Crippen LogP contribution is -2.12. The van der Waals surface area contributed by atoms with Gasteiger partial charge in [-0.1, -0.05) is 30.3 Å². The van der Waals surface area contributed by atoms with Crippen LogP contribution in [0.5, 0.6) is 0 Å². The maximum Gasteiger partial charge on any atom is 0.377 e. The van der Waals surface area contributed by atoms with Gasteiger partial charge in [0.2, 0.25) is 5.76 Å². The van der Waals surface area contributed by atoms with Crippen molar-refractivity contribution in [2.45, 2.75) is 6.92 Å². The molecule has 4 nitrogen and oxygen atoms in total. The van der Waals surface area contributed by atoms with E-state index in [9.17, 15) is 4.79 Å². The van der Waals surface area contributed by atoms with E-state index in [1.165, 1.54) is 14.2 Å². The van der Waals surface area contributed by atoms with Gasteiger partial charge >= 0.3 is 5.97 Å². The highest BCUT2D eigenvalue weighted by molar-refractivity contribution is 5.94. The first-order chi connectivity index (χ1) is 8.24. The van der Waals surface area contributed by atoms with Crippen molar-refractivity contribution in [3.05, 3.63) is 41.7 Å². The molecule has 0 aliphatic carbocycles. The minimum Gasteiger partial charge on any atom is -0.492 e. The van der Waals surface area contributed by atoms with Gasteiger partial charge in [0.25, 0.3) is 0 Å². The quantitative estimate of drug-likeness (QED) is 0.446. The van der Waals surface area contributed by atoms with Crippen LogP contribution in [0.1, 0.15) is 12.5 Å². The van der Waals surface area contributed by atoms with Gasteiger partial charge in [0.15, 0.2) is 5.76 Å². The van der Waals surface area contributed by atoms with Crippen LogP contribution < -0.4 is 0 Å². The molecule has 0 aliphatic heterocycles. The smallest absolute Gasteiger partial charge is 0.377 e. The largest absolute Gasteiger partial charge is 0.492 e. The number of carbonyl (C=O) groups is 1. The lowest BCUT2D eigenvalue weighted by atomic mass is 10.1. The van der Waals surface area contributed by atoms with Crippen LogP contribution in [-0.4, -0.2) is 26.8 Å². The molecule has 17 heavy (non-hydrogen) atoms. The van der Waals surface area contributed by atoms with E-state index in [-0.39, 0.29) is 12.4 Å². The van der Waals surface area contributed by atoms with Gasteiger partial charge in [0.05, 0.1) is 20.8 Å². The third-order valence-electron chi connectivity index (χ3n) is 2.11. The molecular weight excluding hydrogens is 220 g/mol. The summed E-state index contributed by atoms with van der Waals surface area (Å²) < 4.78 is 15.2. The highest BCUT2D eigenvalue weighted by Gasteiger charge is 2.19. The number of hydrogen-bond donors (Lipinski definition) is 0. The van der Waals surface area contributed by atoms with Crippen molar-refractivity contribution in [2.24, 2.45) is 0 Å². The Hall–Kier alpha value is -1.97. The molecule has 0 heterocycles. The van der Waals surface area contributed by atoms with Crippen molar-refractivity contribution in [3.8, 4) is 0 Å². The number of rotatable bonds is 5. The van der Waals surface area contributed by atoms with Gasteiger partial charge < -0.3 is 14.2 Å². The van der Waals surface area contributed by atoms with Crippen LogP contribution in [0.15, 0.2) is 36.1 Å². The van der Waals surface area contributed by atoms with E-state index in [1.807, 2.05) is 30.3 Å². The fourth-order valence-corrected chi connectivity index (χ4v) is 1.40. The maximum absolute atomic E-state index is 11.7. The molecule has 0 atom stereocenters. The molecule has 0 unspecified atom stereocenters. The van der Waals surface area contributed by atoms with Crippen LogP contribution in [0.4, 0.5) is 0 Å². The molecule has 4 heteroatoms. The van der Waals surface area contributed by atoms with Gasteiger partial charge in [0.1, 0.15) is 0 Å². The van der Waals surface area contributed by atoms with E-state index >= 15 is 0 Å². The van der Waals surface area contributed by atoms with Gasteiger partial charge in [-0.05, 0) is 6.92 Å². The number of benzene rings is 1. The second-order valence-corrected chi connectivity index (χ2v) is 3.15. The topological polar surface area (TPSA) is 44.8 Å². The molecule has 92 valence electrons. The highest BCUT2D eigenvalue weighted by atomic mass is 16.6. The van der Waals surface area contributed by atoms with Gasteiger partial charge in [-0.25, -0.2) is 4.79 Å². The summed E-state index contributed by atoms with van der Waals surface area (Å²) in [7, 11) is 2.90. The zero-order valence-corrected chi connectivity index (χ0v) is 10.2. The number of esters is 1. The van der Waals surface area contributed by atoms with Crippen LogP contribution >= 0.6 is 0 Å². The minimum atomic E-state index is -0.532. The average Bonchev–Trinajstić information content (AvgIpc) is 2.37. The Balaban J connectivity index is 3.15. The van der Waals surface area contributed by atoms with Crippen molar-refractivity contribution >= 4 is 11.7 Å². The van der Waals surface area contributed by atoms with Crippen LogP contribution in [0, 0.1) is 0 Å². The summed E-state index contributed by atoms with van der Waals surface area (Å²) in [4.78, 5) is 11.7. The highest BCUT2D eigenvalue weighted by Crippen LogP contribution is 2.20. The van der Waals surface area contributed by atoms with E-state index in [0.717, 1.165) is 5.56 Å². The summed E-state index contributed by atoms with van der Waals surface area (Å²) in [5.41, 5.74) is 0.764. The zero-order valence-electron chi connectivity index (χ0n) is 10.2. The molecule has 0 N–H and O–H groups in total. The number of ether oxygens (including phenoxy) is 3. The summed E-state index contributed by atoms with van der Waals surface area (Å²) in [6, 6.07) is 9.25. The van der Waals surface area contributed by atoms with Crippen LogP contribution in [-0.2, 0) is 19.0 Å². The van der Waals surface area contributed by atoms with E-state index in [0.29, 0.717) is 5.76 Å². The van der Waals surface area contributed by atoms with Crippen molar-refractivity contribution in [1.82, 2.24) is 0 Å². The van der Waals surface area contributed by atoms with E-state index in [4.69, 9.17) is 14.2 Å². The Morgan fingerprint density at radius 1 is 1.12 bits per heavy atom. The number of carbonyl (C=O) groups excluding carboxylic acids is 1. The van der Waals surface area contributed by atoms with Crippen LogP contribution in [0.3, 0.4) is 0 Å². The second-order valence-electron chi connectivity index (χ2n) is 3.15. The zero-order chi connectivity index (χ0) is 12.7.